The van der Waals surface area contributed by atoms with Gasteiger partial charge in [0, 0.05) is 28.8 Å². The van der Waals surface area contributed by atoms with Crippen LogP contribution in [0.5, 0.6) is 5.88 Å². The number of hydrogen-bond acceptors (Lipinski definition) is 7. The van der Waals surface area contributed by atoms with E-state index in [9.17, 15) is 23.9 Å². The fourth-order valence-corrected chi connectivity index (χ4v) is 9.20. The summed E-state index contributed by atoms with van der Waals surface area (Å²) in [7, 11) is 0. The molecular formula is C31H36FIN4O6. The second kappa shape index (κ2) is 11.8. The van der Waals surface area contributed by atoms with E-state index >= 15 is 0 Å². The SMILES string of the molecule is CC(C)(C)[C@@H]1NC(=O)O[C@@H]2C[C@@H]3I=C=C3[C@H]2CCCCCc2nc3ccc(F)cc3nc2O[C@@H]2C[C@@H](C(=O)O)N(C2)C1=O. The first kappa shape index (κ1) is 29.9. The number of benzene rings is 1. The number of ether oxygens (including phenoxy) is 2. The highest BCUT2D eigenvalue weighted by atomic mass is 127. The van der Waals surface area contributed by atoms with Crippen molar-refractivity contribution >= 4 is 53.4 Å². The van der Waals surface area contributed by atoms with E-state index in [2.05, 4.69) is 14.0 Å². The molecule has 0 radical (unpaired) electrons. The molecule has 1 aromatic carbocycles. The topological polar surface area (TPSA) is 131 Å². The molecule has 12 heteroatoms. The average molecular weight is 707 g/mol. The number of alkyl carbamates (subject to hydrolysis) is 1. The third-order valence-electron chi connectivity index (χ3n) is 8.75. The van der Waals surface area contributed by atoms with Crippen LogP contribution < -0.4 is 10.1 Å². The van der Waals surface area contributed by atoms with Crippen LogP contribution in [-0.4, -0.2) is 76.4 Å². The van der Waals surface area contributed by atoms with Gasteiger partial charge in [-0.05, 0) is 42.4 Å². The molecule has 10 nitrogen and oxygen atoms in total. The Morgan fingerprint density at radius 2 is 1.95 bits per heavy atom. The van der Waals surface area contributed by atoms with Gasteiger partial charge in [0.15, 0.2) is 0 Å². The number of rotatable bonds is 1. The lowest BCUT2D eigenvalue weighted by Gasteiger charge is -2.35. The number of alkyl halides is 1. The number of aliphatic carboxylic acids is 1. The predicted octanol–water partition coefficient (Wildman–Crippen LogP) is 4.53. The molecule has 2 fully saturated rings. The highest BCUT2D eigenvalue weighted by molar-refractivity contribution is 14.2. The number of amides is 2. The zero-order valence-electron chi connectivity index (χ0n) is 24.4. The Balaban J connectivity index is 1.34. The zero-order valence-corrected chi connectivity index (χ0v) is 26.6. The number of carbonyl (C=O) groups is 3. The molecule has 1 saturated carbocycles. The molecule has 230 valence electrons. The summed E-state index contributed by atoms with van der Waals surface area (Å²) in [5.74, 6) is -1.77. The van der Waals surface area contributed by atoms with E-state index in [1.807, 2.05) is 20.8 Å². The summed E-state index contributed by atoms with van der Waals surface area (Å²) in [6, 6.07) is 2.05. The van der Waals surface area contributed by atoms with Crippen LogP contribution in [0.15, 0.2) is 23.8 Å². The maximum absolute atomic E-state index is 14.0. The molecule has 2 aromatic rings. The zero-order chi connectivity index (χ0) is 30.5. The Labute approximate surface area is 259 Å². The summed E-state index contributed by atoms with van der Waals surface area (Å²) >= 11 is -0.136. The van der Waals surface area contributed by atoms with Crippen LogP contribution in [0.1, 0.15) is 65.0 Å². The predicted molar refractivity (Wildman–Crippen MR) is 165 cm³/mol. The Bertz CT molecular complexity index is 1540. The van der Waals surface area contributed by atoms with Gasteiger partial charge < -0.3 is 24.8 Å². The number of aryl methyl sites for hydroxylation is 1. The number of halogens is 2. The van der Waals surface area contributed by atoms with Gasteiger partial charge in [0.25, 0.3) is 0 Å². The van der Waals surface area contributed by atoms with Gasteiger partial charge in [-0.3, -0.25) is 4.79 Å². The molecule has 1 saturated heterocycles. The van der Waals surface area contributed by atoms with Gasteiger partial charge >= 0.3 is 12.1 Å². The van der Waals surface area contributed by atoms with Crippen molar-refractivity contribution in [3.63, 3.8) is 0 Å². The molecular weight excluding hydrogens is 670 g/mol. The minimum atomic E-state index is -1.16. The first-order chi connectivity index (χ1) is 20.5. The highest BCUT2D eigenvalue weighted by Gasteiger charge is 2.47. The van der Waals surface area contributed by atoms with Crippen molar-refractivity contribution in [1.82, 2.24) is 20.2 Å². The smallest absolute Gasteiger partial charge is 0.408 e. The van der Waals surface area contributed by atoms with Crippen molar-refractivity contribution in [3.05, 3.63) is 35.3 Å². The molecule has 43 heavy (non-hydrogen) atoms. The first-order valence-corrected chi connectivity index (χ1v) is 17.2. The van der Waals surface area contributed by atoms with Gasteiger partial charge in [0.2, 0.25) is 11.8 Å². The highest BCUT2D eigenvalue weighted by Crippen LogP contribution is 2.46. The first-order valence-electron chi connectivity index (χ1n) is 14.9. The molecule has 6 rings (SSSR count). The lowest BCUT2D eigenvalue weighted by Crippen LogP contribution is -2.57. The molecule has 2 bridgehead atoms. The van der Waals surface area contributed by atoms with Crippen LogP contribution in [0.3, 0.4) is 0 Å². The molecule has 1 aromatic heterocycles. The Morgan fingerprint density at radius 3 is 2.67 bits per heavy atom. The summed E-state index contributed by atoms with van der Waals surface area (Å²) in [4.78, 5) is 50.1. The van der Waals surface area contributed by atoms with E-state index in [1.165, 1.54) is 22.6 Å². The van der Waals surface area contributed by atoms with Crippen molar-refractivity contribution < 1.29 is 33.4 Å². The van der Waals surface area contributed by atoms with Crippen molar-refractivity contribution in [2.45, 2.75) is 93.9 Å². The van der Waals surface area contributed by atoms with Crippen LogP contribution in [-0.2, 0) is 20.7 Å². The molecule has 3 aliphatic heterocycles. The van der Waals surface area contributed by atoms with Crippen molar-refractivity contribution in [2.24, 2.45) is 11.3 Å². The van der Waals surface area contributed by atoms with Crippen molar-refractivity contribution in [2.75, 3.05) is 6.54 Å². The molecule has 4 heterocycles. The Kier molecular flexibility index (Phi) is 8.18. The number of aromatic nitrogens is 2. The fourth-order valence-electron chi connectivity index (χ4n) is 6.47. The number of carboxylic acids is 1. The summed E-state index contributed by atoms with van der Waals surface area (Å²) in [5, 5.41) is 12.9. The van der Waals surface area contributed by atoms with Gasteiger partial charge in [-0.25, -0.2) is 23.9 Å². The Morgan fingerprint density at radius 1 is 1.14 bits per heavy atom. The van der Waals surface area contributed by atoms with Gasteiger partial charge in [0.1, 0.15) is 35.8 Å². The molecule has 2 amide bonds. The number of nitrogens with one attached hydrogen (secondary N) is 1. The van der Waals surface area contributed by atoms with Gasteiger partial charge in [-0.15, -0.1) is 0 Å². The summed E-state index contributed by atoms with van der Waals surface area (Å²) in [6.45, 7) is 5.45. The molecule has 0 unspecified atom stereocenters. The van der Waals surface area contributed by atoms with Crippen LogP contribution >= 0.6 is 20.7 Å². The number of carbonyl (C=O) groups excluding carboxylic acids is 2. The van der Waals surface area contributed by atoms with E-state index in [0.29, 0.717) is 27.1 Å². The molecule has 6 atom stereocenters. The molecule has 4 aliphatic rings. The second-order valence-electron chi connectivity index (χ2n) is 12.9. The number of carboxylic acid groups (broad SMARTS) is 1. The lowest BCUT2D eigenvalue weighted by atomic mass is 9.85. The van der Waals surface area contributed by atoms with Crippen LogP contribution in [0.2, 0.25) is 0 Å². The second-order valence-corrected chi connectivity index (χ2v) is 15.5. The lowest BCUT2D eigenvalue weighted by molar-refractivity contribution is -0.150. The number of nitrogens with zero attached hydrogens (tertiary/aromatic N) is 3. The quantitative estimate of drug-likeness (QED) is 0.327. The third-order valence-corrected chi connectivity index (χ3v) is 11.6. The summed E-state index contributed by atoms with van der Waals surface area (Å²) < 4.78 is 30.3. The van der Waals surface area contributed by atoms with E-state index in [4.69, 9.17) is 14.5 Å². The van der Waals surface area contributed by atoms with E-state index in [1.54, 1.807) is 6.07 Å². The molecule has 1 aliphatic carbocycles. The van der Waals surface area contributed by atoms with Gasteiger partial charge in [0.05, 0.1) is 17.6 Å². The van der Waals surface area contributed by atoms with E-state index in [0.717, 1.165) is 32.1 Å². The van der Waals surface area contributed by atoms with Crippen LogP contribution in [0, 0.1) is 17.2 Å². The minimum Gasteiger partial charge on any atom is -0.480 e. The van der Waals surface area contributed by atoms with Crippen molar-refractivity contribution in [3.8, 4) is 5.88 Å². The minimum absolute atomic E-state index is 0.0125. The van der Waals surface area contributed by atoms with Gasteiger partial charge in [-0.2, -0.15) is 0 Å². The van der Waals surface area contributed by atoms with Crippen LogP contribution in [0.4, 0.5) is 9.18 Å². The van der Waals surface area contributed by atoms with E-state index in [-0.39, 0.29) is 51.6 Å². The number of hydrogen-bond donors (Lipinski definition) is 2. The third kappa shape index (κ3) is 6.13. The average Bonchev–Trinajstić information content (AvgIpc) is 3.44. The number of fused-ring (bicyclic) bond motifs is 7. The van der Waals surface area contributed by atoms with Gasteiger partial charge in [-0.1, -0.05) is 58.0 Å². The molecule has 2 N–H and O–H groups in total. The Hall–Kier alpha value is -3.12. The largest absolute Gasteiger partial charge is 0.480 e. The summed E-state index contributed by atoms with van der Waals surface area (Å²) in [6.07, 6.45) is 3.35. The summed E-state index contributed by atoms with van der Waals surface area (Å²) in [5.41, 5.74) is 2.08. The standard InChI is InChI=1S/C31H36FIN4O6/c1-31(2,3)26-28(38)37-15-17(12-24(37)29(39)40)42-27-22(34-21-10-9-16(32)11-23(21)35-27)8-6-4-5-7-18-19-14-33-20(19)13-25(18)43-30(41)36-26/h9-11,17-18,20,24-26H,4-8,12-13,15H2,1-3H3,(H,36,41)(H,39,40)/t17-,18-,20+,24+,25-,26-/m1/s1. The van der Waals surface area contributed by atoms with Crippen LogP contribution in [0.25, 0.3) is 11.0 Å². The fraction of sp³-hybridized carbons (Fsp3) is 0.581. The maximum Gasteiger partial charge on any atom is 0.408 e. The molecule has 0 spiro atoms. The maximum atomic E-state index is 14.0. The monoisotopic (exact) mass is 706 g/mol. The normalized spacial score (nSPS) is 29.8. The van der Waals surface area contributed by atoms with Crippen molar-refractivity contribution in [1.29, 1.82) is 0 Å². The van der Waals surface area contributed by atoms with E-state index < -0.39 is 47.4 Å².